The van der Waals surface area contributed by atoms with E-state index in [9.17, 15) is 8.42 Å². The summed E-state index contributed by atoms with van der Waals surface area (Å²) in [6.45, 7) is 4.26. The molecule has 0 aliphatic heterocycles. The van der Waals surface area contributed by atoms with Crippen LogP contribution in [0.1, 0.15) is 18.1 Å². The first-order valence-corrected chi connectivity index (χ1v) is 9.77. The fourth-order valence-corrected chi connectivity index (χ4v) is 3.40. The fraction of sp³-hybridized carbons (Fsp3) is 0.235. The highest BCUT2D eigenvalue weighted by Crippen LogP contribution is 2.36. The van der Waals surface area contributed by atoms with Crippen LogP contribution in [-0.4, -0.2) is 28.3 Å². The Hall–Kier alpha value is -2.06. The Morgan fingerprint density at radius 1 is 1.24 bits per heavy atom. The van der Waals surface area contributed by atoms with E-state index in [1.807, 2.05) is 13.8 Å². The van der Waals surface area contributed by atoms with Gasteiger partial charge in [-0.1, -0.05) is 17.7 Å². The monoisotopic (exact) mass is 426 g/mol. The van der Waals surface area contributed by atoms with Gasteiger partial charge < -0.3 is 9.47 Å². The Balaban J connectivity index is 2.19. The van der Waals surface area contributed by atoms with Gasteiger partial charge in [-0.05, 0) is 59.6 Å². The molecule has 0 fully saturated rings. The van der Waals surface area contributed by atoms with Crippen LogP contribution < -0.4 is 14.3 Å². The SMILES string of the molecule is CCOc1c(Br)cc(/C=N/NS(=O)(=O)c2ccc(C)cc2)cc1OC. The van der Waals surface area contributed by atoms with E-state index in [2.05, 4.69) is 25.9 Å². The molecule has 134 valence electrons. The van der Waals surface area contributed by atoms with Crippen molar-refractivity contribution in [2.75, 3.05) is 13.7 Å². The van der Waals surface area contributed by atoms with Crippen molar-refractivity contribution in [3.05, 3.63) is 52.0 Å². The zero-order valence-electron chi connectivity index (χ0n) is 14.1. The maximum absolute atomic E-state index is 12.2. The number of ether oxygens (including phenoxy) is 2. The fourth-order valence-electron chi connectivity index (χ4n) is 2.04. The van der Waals surface area contributed by atoms with Crippen LogP contribution in [0.15, 0.2) is 50.9 Å². The van der Waals surface area contributed by atoms with Gasteiger partial charge in [0.1, 0.15) is 0 Å². The minimum atomic E-state index is -3.71. The molecule has 8 heteroatoms. The van der Waals surface area contributed by atoms with Crippen molar-refractivity contribution in [1.82, 2.24) is 4.83 Å². The summed E-state index contributed by atoms with van der Waals surface area (Å²) in [6.07, 6.45) is 1.40. The third-order valence-corrected chi connectivity index (χ3v) is 5.09. The number of hydrogen-bond acceptors (Lipinski definition) is 5. The largest absolute Gasteiger partial charge is 0.493 e. The van der Waals surface area contributed by atoms with Crippen molar-refractivity contribution in [1.29, 1.82) is 0 Å². The van der Waals surface area contributed by atoms with Crippen molar-refractivity contribution in [3.8, 4) is 11.5 Å². The first kappa shape index (κ1) is 19.3. The van der Waals surface area contributed by atoms with E-state index in [0.717, 1.165) is 5.56 Å². The summed E-state index contributed by atoms with van der Waals surface area (Å²) in [4.78, 5) is 2.35. The Morgan fingerprint density at radius 3 is 2.52 bits per heavy atom. The number of hydrogen-bond donors (Lipinski definition) is 1. The van der Waals surface area contributed by atoms with E-state index >= 15 is 0 Å². The molecule has 6 nitrogen and oxygen atoms in total. The lowest BCUT2D eigenvalue weighted by Gasteiger charge is -2.12. The third kappa shape index (κ3) is 4.96. The highest BCUT2D eigenvalue weighted by atomic mass is 79.9. The van der Waals surface area contributed by atoms with Gasteiger partial charge in [-0.15, -0.1) is 0 Å². The van der Waals surface area contributed by atoms with E-state index < -0.39 is 10.0 Å². The molecule has 2 aromatic rings. The number of benzene rings is 2. The van der Waals surface area contributed by atoms with Gasteiger partial charge in [-0.25, -0.2) is 4.83 Å². The molecule has 0 unspecified atom stereocenters. The van der Waals surface area contributed by atoms with E-state index in [1.165, 1.54) is 25.5 Å². The Labute approximate surface area is 156 Å². The van der Waals surface area contributed by atoms with Crippen molar-refractivity contribution < 1.29 is 17.9 Å². The van der Waals surface area contributed by atoms with Crippen LogP contribution in [0, 0.1) is 6.92 Å². The Bertz CT molecular complexity index is 865. The smallest absolute Gasteiger partial charge is 0.276 e. The lowest BCUT2D eigenvalue weighted by molar-refractivity contribution is 0.309. The van der Waals surface area contributed by atoms with Crippen molar-refractivity contribution in [2.45, 2.75) is 18.7 Å². The molecule has 0 aliphatic rings. The van der Waals surface area contributed by atoms with Crippen LogP contribution >= 0.6 is 15.9 Å². The number of nitrogens with zero attached hydrogens (tertiary/aromatic N) is 1. The van der Waals surface area contributed by atoms with Crippen molar-refractivity contribution >= 4 is 32.2 Å². The Morgan fingerprint density at radius 2 is 1.92 bits per heavy atom. The summed E-state index contributed by atoms with van der Waals surface area (Å²) in [5, 5.41) is 3.82. The van der Waals surface area contributed by atoms with E-state index in [1.54, 1.807) is 24.3 Å². The maximum Gasteiger partial charge on any atom is 0.276 e. The molecular formula is C17H19BrN2O4S. The summed E-state index contributed by atoms with van der Waals surface area (Å²) in [6, 6.07) is 9.99. The molecule has 0 atom stereocenters. The van der Waals surface area contributed by atoms with Crippen molar-refractivity contribution in [3.63, 3.8) is 0 Å². The lowest BCUT2D eigenvalue weighted by Crippen LogP contribution is -2.18. The molecule has 25 heavy (non-hydrogen) atoms. The van der Waals surface area contributed by atoms with Gasteiger partial charge in [0, 0.05) is 0 Å². The molecule has 0 aliphatic carbocycles. The quantitative estimate of drug-likeness (QED) is 0.542. The second-order valence-corrected chi connectivity index (χ2v) is 7.65. The molecule has 2 rings (SSSR count). The first-order chi connectivity index (χ1) is 11.9. The third-order valence-electron chi connectivity index (χ3n) is 3.26. The van der Waals surface area contributed by atoms with E-state index in [4.69, 9.17) is 9.47 Å². The molecule has 0 saturated heterocycles. The van der Waals surface area contributed by atoms with Crippen LogP contribution in [-0.2, 0) is 10.0 Å². The predicted molar refractivity (Wildman–Crippen MR) is 101 cm³/mol. The van der Waals surface area contributed by atoms with Crippen LogP contribution in [0.25, 0.3) is 0 Å². The summed E-state index contributed by atoms with van der Waals surface area (Å²) in [7, 11) is -2.17. The highest BCUT2D eigenvalue weighted by Gasteiger charge is 2.13. The lowest BCUT2D eigenvalue weighted by atomic mass is 10.2. The van der Waals surface area contributed by atoms with Crippen molar-refractivity contribution in [2.24, 2.45) is 5.10 Å². The molecule has 0 bridgehead atoms. The van der Waals surface area contributed by atoms with Gasteiger partial charge in [0.05, 0.1) is 29.3 Å². The zero-order chi connectivity index (χ0) is 18.4. The van der Waals surface area contributed by atoms with Gasteiger partial charge in [0.15, 0.2) is 11.5 Å². The second-order valence-electron chi connectivity index (χ2n) is 5.13. The normalized spacial score (nSPS) is 11.5. The number of aryl methyl sites for hydroxylation is 1. The summed E-state index contributed by atoms with van der Waals surface area (Å²) in [5.41, 5.74) is 1.63. The zero-order valence-corrected chi connectivity index (χ0v) is 16.5. The standard InChI is InChI=1S/C17H19BrN2O4S/c1-4-24-17-15(18)9-13(10-16(17)23-3)11-19-20-25(21,22)14-7-5-12(2)6-8-14/h5-11,20H,4H2,1-3H3/b19-11+. The number of methoxy groups -OCH3 is 1. The molecule has 0 heterocycles. The molecule has 0 radical (unpaired) electrons. The van der Waals surface area contributed by atoms with Crippen LogP contribution in [0.2, 0.25) is 0 Å². The molecule has 2 aromatic carbocycles. The number of sulfonamides is 1. The number of halogens is 1. The van der Waals surface area contributed by atoms with Gasteiger partial charge in [-0.2, -0.15) is 13.5 Å². The van der Waals surface area contributed by atoms with Gasteiger partial charge in [0.25, 0.3) is 10.0 Å². The summed E-state index contributed by atoms with van der Waals surface area (Å²) >= 11 is 3.41. The minimum Gasteiger partial charge on any atom is -0.493 e. The number of rotatable bonds is 7. The second kappa shape index (κ2) is 8.35. The minimum absolute atomic E-state index is 0.153. The Kier molecular flexibility index (Phi) is 6.44. The van der Waals surface area contributed by atoms with Gasteiger partial charge >= 0.3 is 0 Å². The predicted octanol–water partition coefficient (Wildman–Crippen LogP) is 3.48. The highest BCUT2D eigenvalue weighted by molar-refractivity contribution is 9.10. The number of hydrazone groups is 1. The maximum atomic E-state index is 12.2. The van der Waals surface area contributed by atoms with Gasteiger partial charge in [-0.3, -0.25) is 0 Å². The van der Waals surface area contributed by atoms with Gasteiger partial charge in [0.2, 0.25) is 0 Å². The van der Waals surface area contributed by atoms with Crippen LogP contribution in [0.3, 0.4) is 0 Å². The molecule has 0 spiro atoms. The molecule has 1 N–H and O–H groups in total. The summed E-state index contributed by atoms with van der Waals surface area (Å²) < 4.78 is 35.9. The van der Waals surface area contributed by atoms with Crippen LogP contribution in [0.4, 0.5) is 0 Å². The summed E-state index contributed by atoms with van der Waals surface area (Å²) in [5.74, 6) is 1.11. The molecule has 0 amide bonds. The van der Waals surface area contributed by atoms with Crippen LogP contribution in [0.5, 0.6) is 11.5 Å². The molecular weight excluding hydrogens is 408 g/mol. The molecule has 0 aromatic heterocycles. The first-order valence-electron chi connectivity index (χ1n) is 7.49. The topological polar surface area (TPSA) is 77.0 Å². The van der Waals surface area contributed by atoms with E-state index in [-0.39, 0.29) is 4.90 Å². The average molecular weight is 427 g/mol. The average Bonchev–Trinajstić information content (AvgIpc) is 2.57. The van der Waals surface area contributed by atoms with E-state index in [0.29, 0.717) is 28.1 Å². The molecule has 0 saturated carbocycles. The number of nitrogens with one attached hydrogen (secondary N) is 1.